The molecule has 0 bridgehead atoms. The largest absolute Gasteiger partial charge is 0.496 e. The van der Waals surface area contributed by atoms with E-state index in [1.165, 1.54) is 29.7 Å². The number of ether oxygens (including phenoxy) is 2. The Hall–Kier alpha value is -3.52. The van der Waals surface area contributed by atoms with E-state index >= 15 is 0 Å². The van der Waals surface area contributed by atoms with Gasteiger partial charge in [-0.1, -0.05) is 18.2 Å². The molecular formula is C19H15N3O4S. The van der Waals surface area contributed by atoms with Crippen LogP contribution < -0.4 is 14.8 Å². The van der Waals surface area contributed by atoms with Gasteiger partial charge in [-0.3, -0.25) is 10.1 Å². The van der Waals surface area contributed by atoms with E-state index in [0.29, 0.717) is 10.9 Å². The fourth-order valence-corrected chi connectivity index (χ4v) is 2.71. The van der Waals surface area contributed by atoms with E-state index in [4.69, 9.17) is 9.47 Å². The van der Waals surface area contributed by atoms with Crippen molar-refractivity contribution in [3.63, 3.8) is 0 Å². The highest BCUT2D eigenvalue weighted by molar-refractivity contribution is 7.13. The van der Waals surface area contributed by atoms with Crippen molar-refractivity contribution < 1.29 is 19.1 Å². The maximum absolute atomic E-state index is 12.3. The number of para-hydroxylation sites is 1. The molecular weight excluding hydrogens is 366 g/mol. The van der Waals surface area contributed by atoms with Crippen LogP contribution in [0.15, 0.2) is 60.2 Å². The second kappa shape index (κ2) is 8.72. The van der Waals surface area contributed by atoms with Gasteiger partial charge in [0.05, 0.1) is 7.11 Å². The van der Waals surface area contributed by atoms with Gasteiger partial charge in [-0.15, -0.1) is 11.3 Å². The Morgan fingerprint density at radius 1 is 1.07 bits per heavy atom. The number of esters is 1. The third kappa shape index (κ3) is 4.77. The zero-order valence-electron chi connectivity index (χ0n) is 14.3. The number of pyridine rings is 1. The number of rotatable bonds is 6. The van der Waals surface area contributed by atoms with Crippen molar-refractivity contribution in [3.05, 3.63) is 71.5 Å². The summed E-state index contributed by atoms with van der Waals surface area (Å²) in [5.74, 6) is -0.466. The van der Waals surface area contributed by atoms with E-state index in [1.54, 1.807) is 43.0 Å². The van der Waals surface area contributed by atoms with Gasteiger partial charge >= 0.3 is 5.97 Å². The number of benzene rings is 1. The van der Waals surface area contributed by atoms with E-state index in [2.05, 4.69) is 15.3 Å². The maximum Gasteiger partial charge on any atom is 0.336 e. The Kier molecular flexibility index (Phi) is 5.91. The minimum atomic E-state index is -0.641. The van der Waals surface area contributed by atoms with Gasteiger partial charge in [-0.25, -0.2) is 14.8 Å². The molecule has 0 aliphatic carbocycles. The number of nitrogens with one attached hydrogen (secondary N) is 1. The molecule has 2 aromatic heterocycles. The van der Waals surface area contributed by atoms with Crippen molar-refractivity contribution >= 4 is 34.4 Å². The minimum Gasteiger partial charge on any atom is -0.496 e. The first-order valence-electron chi connectivity index (χ1n) is 7.86. The second-order valence-electron chi connectivity index (χ2n) is 5.14. The van der Waals surface area contributed by atoms with Crippen molar-refractivity contribution in [2.24, 2.45) is 0 Å². The first-order chi connectivity index (χ1) is 13.2. The summed E-state index contributed by atoms with van der Waals surface area (Å²) in [4.78, 5) is 32.5. The highest BCUT2D eigenvalue weighted by Crippen LogP contribution is 2.20. The average Bonchev–Trinajstić information content (AvgIpc) is 3.20. The second-order valence-corrected chi connectivity index (χ2v) is 6.03. The Labute approximate surface area is 159 Å². The topological polar surface area (TPSA) is 90.4 Å². The van der Waals surface area contributed by atoms with Crippen molar-refractivity contribution in [3.8, 4) is 11.5 Å². The van der Waals surface area contributed by atoms with E-state index < -0.39 is 11.9 Å². The summed E-state index contributed by atoms with van der Waals surface area (Å²) in [5, 5.41) is 4.77. The number of nitrogens with zero attached hydrogens (tertiary/aromatic N) is 2. The van der Waals surface area contributed by atoms with Gasteiger partial charge < -0.3 is 9.47 Å². The van der Waals surface area contributed by atoms with Crippen molar-refractivity contribution in [2.45, 2.75) is 0 Å². The van der Waals surface area contributed by atoms with Gasteiger partial charge in [0.15, 0.2) is 16.6 Å². The van der Waals surface area contributed by atoms with Crippen molar-refractivity contribution in [2.75, 3.05) is 12.4 Å². The number of anilines is 1. The quantitative estimate of drug-likeness (QED) is 0.520. The standard InChI is InChI=1S/C19H15N3O4S/c1-25-14-6-3-2-5-13(14)8-9-16(23)26-15-7-4-10-20-17(15)18(24)22-19-21-11-12-27-19/h2-12H,1H3,(H,21,22,24). The van der Waals surface area contributed by atoms with Crippen LogP contribution in [0.5, 0.6) is 11.5 Å². The molecule has 8 heteroatoms. The first-order valence-corrected chi connectivity index (χ1v) is 8.74. The molecule has 0 unspecified atom stereocenters. The molecule has 0 saturated heterocycles. The maximum atomic E-state index is 12.3. The van der Waals surface area contributed by atoms with Gasteiger partial charge in [-0.2, -0.15) is 0 Å². The number of thiazole rings is 1. The molecule has 27 heavy (non-hydrogen) atoms. The number of amides is 1. The van der Waals surface area contributed by atoms with Crippen LogP contribution in [0.4, 0.5) is 5.13 Å². The lowest BCUT2D eigenvalue weighted by molar-refractivity contribution is -0.128. The monoisotopic (exact) mass is 381 g/mol. The number of carbonyl (C=O) groups excluding carboxylic acids is 2. The number of methoxy groups -OCH3 is 1. The van der Waals surface area contributed by atoms with Gasteiger partial charge in [0.25, 0.3) is 5.91 Å². The highest BCUT2D eigenvalue weighted by Gasteiger charge is 2.17. The summed E-state index contributed by atoms with van der Waals surface area (Å²) in [7, 11) is 1.55. The summed E-state index contributed by atoms with van der Waals surface area (Å²) in [6.07, 6.45) is 5.85. The smallest absolute Gasteiger partial charge is 0.336 e. The molecule has 3 rings (SSSR count). The van der Waals surface area contributed by atoms with Gasteiger partial charge in [0.2, 0.25) is 0 Å². The van der Waals surface area contributed by atoms with Gasteiger partial charge in [0.1, 0.15) is 5.75 Å². The Balaban J connectivity index is 1.73. The third-order valence-electron chi connectivity index (χ3n) is 3.39. The first kappa shape index (κ1) is 18.3. The van der Waals surface area contributed by atoms with Crippen LogP contribution in [-0.2, 0) is 4.79 Å². The van der Waals surface area contributed by atoms with Crippen LogP contribution in [0.1, 0.15) is 16.1 Å². The number of hydrogen-bond acceptors (Lipinski definition) is 7. The third-order valence-corrected chi connectivity index (χ3v) is 4.08. The average molecular weight is 381 g/mol. The van der Waals surface area contributed by atoms with Crippen LogP contribution in [0.25, 0.3) is 6.08 Å². The molecule has 1 aromatic carbocycles. The normalized spacial score (nSPS) is 10.6. The summed E-state index contributed by atoms with van der Waals surface area (Å²) in [6, 6.07) is 10.3. The Morgan fingerprint density at radius 3 is 2.67 bits per heavy atom. The van der Waals surface area contributed by atoms with Gasteiger partial charge in [0, 0.05) is 29.4 Å². The SMILES string of the molecule is COc1ccccc1C=CC(=O)Oc1cccnc1C(=O)Nc1nccs1. The van der Waals surface area contributed by atoms with E-state index in [9.17, 15) is 9.59 Å². The fraction of sp³-hybridized carbons (Fsp3) is 0.0526. The van der Waals surface area contributed by atoms with Crippen LogP contribution in [0, 0.1) is 0 Å². The zero-order chi connectivity index (χ0) is 19.1. The molecule has 0 fully saturated rings. The zero-order valence-corrected chi connectivity index (χ0v) is 15.1. The van der Waals surface area contributed by atoms with E-state index in [0.717, 1.165) is 5.56 Å². The van der Waals surface area contributed by atoms with Crippen molar-refractivity contribution in [1.29, 1.82) is 0 Å². The lowest BCUT2D eigenvalue weighted by atomic mass is 10.2. The summed E-state index contributed by atoms with van der Waals surface area (Å²) in [6.45, 7) is 0. The predicted octanol–water partition coefficient (Wildman–Crippen LogP) is 3.42. The number of carbonyl (C=O) groups is 2. The van der Waals surface area contributed by atoms with E-state index in [1.807, 2.05) is 12.1 Å². The molecule has 1 amide bonds. The molecule has 3 aromatic rings. The van der Waals surface area contributed by atoms with Crippen LogP contribution >= 0.6 is 11.3 Å². The lowest BCUT2D eigenvalue weighted by Gasteiger charge is -2.07. The van der Waals surface area contributed by atoms with E-state index in [-0.39, 0.29) is 11.4 Å². The molecule has 0 saturated carbocycles. The fourth-order valence-electron chi connectivity index (χ4n) is 2.19. The van der Waals surface area contributed by atoms with Crippen LogP contribution in [-0.4, -0.2) is 29.0 Å². The Morgan fingerprint density at radius 2 is 1.89 bits per heavy atom. The predicted molar refractivity (Wildman–Crippen MR) is 102 cm³/mol. The minimum absolute atomic E-state index is 0.00765. The molecule has 7 nitrogen and oxygen atoms in total. The molecule has 0 aliphatic rings. The summed E-state index contributed by atoms with van der Waals surface area (Å²) >= 11 is 1.27. The molecule has 0 radical (unpaired) electrons. The molecule has 0 aliphatic heterocycles. The summed E-state index contributed by atoms with van der Waals surface area (Å²) < 4.78 is 10.5. The lowest BCUT2D eigenvalue weighted by Crippen LogP contribution is -2.16. The number of hydrogen-bond donors (Lipinski definition) is 1. The molecule has 2 heterocycles. The molecule has 136 valence electrons. The van der Waals surface area contributed by atoms with Crippen molar-refractivity contribution in [1.82, 2.24) is 9.97 Å². The molecule has 0 spiro atoms. The molecule has 1 N–H and O–H groups in total. The van der Waals surface area contributed by atoms with Crippen LogP contribution in [0.3, 0.4) is 0 Å². The van der Waals surface area contributed by atoms with Gasteiger partial charge in [-0.05, 0) is 24.3 Å². The summed E-state index contributed by atoms with van der Waals surface area (Å²) in [5.41, 5.74) is 0.719. The molecule has 0 atom stereocenters. The van der Waals surface area contributed by atoms with Crippen LogP contribution in [0.2, 0.25) is 0 Å². The highest BCUT2D eigenvalue weighted by atomic mass is 32.1. The Bertz CT molecular complexity index is 971. The number of aromatic nitrogens is 2.